The summed E-state index contributed by atoms with van der Waals surface area (Å²) in [6.45, 7) is 2.96. The quantitative estimate of drug-likeness (QED) is 0.0468. The van der Waals surface area contributed by atoms with Crippen LogP contribution < -0.4 is 20.8 Å². The Balaban J connectivity index is 0.000000217. The van der Waals surface area contributed by atoms with Gasteiger partial charge in [0, 0.05) is 37.1 Å². The van der Waals surface area contributed by atoms with Crippen LogP contribution in [-0.4, -0.2) is 106 Å². The first kappa shape index (κ1) is 39.4. The van der Waals surface area contributed by atoms with Gasteiger partial charge >= 0.3 is 14.2 Å². The van der Waals surface area contributed by atoms with Crippen LogP contribution in [0.15, 0.2) is 53.9 Å². The Labute approximate surface area is 310 Å². The lowest BCUT2D eigenvalue weighted by molar-refractivity contribution is -0.120. The molecule has 0 fully saturated rings. The molecule has 4 aromatic rings. The molecule has 2 aliphatic heterocycles. The summed E-state index contributed by atoms with van der Waals surface area (Å²) in [4.78, 5) is 51.7. The average Bonchev–Trinajstić information content (AvgIpc) is 3.79. The van der Waals surface area contributed by atoms with Crippen LogP contribution in [0.4, 0.5) is 0 Å². The number of aromatic nitrogens is 7. The van der Waals surface area contributed by atoms with Crippen LogP contribution >= 0.6 is 0 Å². The van der Waals surface area contributed by atoms with Crippen molar-refractivity contribution >= 4 is 43.3 Å². The number of hydrogen-bond acceptors (Lipinski definition) is 15. The van der Waals surface area contributed by atoms with Crippen LogP contribution in [-0.2, 0) is 41.9 Å². The summed E-state index contributed by atoms with van der Waals surface area (Å²) in [7, 11) is -2.31. The third kappa shape index (κ3) is 10.4. The van der Waals surface area contributed by atoms with Crippen molar-refractivity contribution < 1.29 is 43.6 Å². The van der Waals surface area contributed by atoms with Crippen molar-refractivity contribution in [2.24, 2.45) is 16.5 Å². The summed E-state index contributed by atoms with van der Waals surface area (Å²) < 4.78 is 13.8. The minimum absolute atomic E-state index is 0.0272. The molecule has 0 radical (unpaired) electrons. The number of aliphatic hydroxyl groups is 1. The lowest BCUT2D eigenvalue weighted by atomic mass is 9.64. The largest absolute Gasteiger partial charge is 0.535 e. The SMILES string of the molecule is CC(=O)c1cccc2c1OB(O)[C@@H](CC(=O)Cn1cc(CC(O)CN=C(N)N)nn1)C2.CC(=O)c1cccc2c1OB(O)[C@@H](CC(=O)Cn1cnnn1)C2. The number of hydrogen-bond donors (Lipinski definition) is 5. The van der Waals surface area contributed by atoms with E-state index in [4.69, 9.17) is 20.8 Å². The molecule has 0 saturated heterocycles. The van der Waals surface area contributed by atoms with Gasteiger partial charge in [-0.3, -0.25) is 24.2 Å². The highest BCUT2D eigenvalue weighted by molar-refractivity contribution is 6.47. The van der Waals surface area contributed by atoms with Gasteiger partial charge in [-0.15, -0.1) is 10.2 Å². The van der Waals surface area contributed by atoms with E-state index in [2.05, 4.69) is 30.8 Å². The van der Waals surface area contributed by atoms with E-state index in [-0.39, 0.29) is 73.8 Å². The predicted molar refractivity (Wildman–Crippen MR) is 192 cm³/mol. The van der Waals surface area contributed by atoms with E-state index < -0.39 is 26.2 Å². The van der Waals surface area contributed by atoms with Crippen molar-refractivity contribution in [3.8, 4) is 11.5 Å². The van der Waals surface area contributed by atoms with Gasteiger partial charge in [-0.1, -0.05) is 29.5 Å². The molecule has 6 rings (SSSR count). The van der Waals surface area contributed by atoms with Crippen molar-refractivity contribution in [2.75, 3.05) is 6.54 Å². The van der Waals surface area contributed by atoms with Crippen LogP contribution in [0.1, 0.15) is 64.2 Å². The first-order valence-corrected chi connectivity index (χ1v) is 17.1. The maximum Gasteiger partial charge on any atom is 0.526 e. The molecule has 7 N–H and O–H groups in total. The summed E-state index contributed by atoms with van der Waals surface area (Å²) >= 11 is 0. The van der Waals surface area contributed by atoms with Crippen molar-refractivity contribution in [3.05, 3.63) is 76.9 Å². The number of para-hydroxylation sites is 2. The topological polar surface area (TPSA) is 286 Å². The van der Waals surface area contributed by atoms with Crippen LogP contribution in [0, 0.1) is 0 Å². The molecule has 1 unspecified atom stereocenters. The minimum atomic E-state index is -1.19. The monoisotopic (exact) mass is 742 g/mol. The number of Topliss-reactive ketones (excluding diaryl/α,β-unsaturated/α-hetero) is 4. The molecule has 0 spiro atoms. The second-order valence-corrected chi connectivity index (χ2v) is 13.2. The molecule has 0 amide bonds. The summed E-state index contributed by atoms with van der Waals surface area (Å²) in [5, 5.41) is 48.8. The second-order valence-electron chi connectivity index (χ2n) is 13.2. The normalized spacial score (nSPS) is 16.4. The summed E-state index contributed by atoms with van der Waals surface area (Å²) in [6.07, 6.45) is 3.41. The highest BCUT2D eigenvalue weighted by Gasteiger charge is 2.38. The molecule has 4 heterocycles. The number of carbonyl (C=O) groups excluding carboxylic acids is 4. The first-order valence-electron chi connectivity index (χ1n) is 17.1. The second kappa shape index (κ2) is 17.8. The van der Waals surface area contributed by atoms with E-state index in [0.717, 1.165) is 11.1 Å². The zero-order valence-corrected chi connectivity index (χ0v) is 29.7. The molecule has 21 heteroatoms. The number of nitrogens with two attached hydrogens (primary N) is 2. The van der Waals surface area contributed by atoms with Gasteiger partial charge in [0.2, 0.25) is 0 Å². The molecule has 2 aromatic heterocycles. The van der Waals surface area contributed by atoms with Crippen molar-refractivity contribution in [2.45, 2.75) is 76.8 Å². The number of nitrogens with zero attached hydrogens (tertiary/aromatic N) is 8. The third-order valence-electron chi connectivity index (χ3n) is 8.76. The number of carbonyl (C=O) groups is 4. The predicted octanol–water partition coefficient (Wildman–Crippen LogP) is -0.577. The minimum Gasteiger partial charge on any atom is -0.535 e. The average molecular weight is 742 g/mol. The molecule has 3 atom stereocenters. The van der Waals surface area contributed by atoms with Gasteiger partial charge < -0.3 is 35.9 Å². The highest BCUT2D eigenvalue weighted by atomic mass is 16.5. The molecule has 2 aromatic carbocycles. The number of aliphatic hydroxyl groups excluding tert-OH is 1. The molecule has 282 valence electrons. The molecule has 0 aliphatic carbocycles. The fraction of sp³-hybridized carbons (Fsp3) is 0.394. The Morgan fingerprint density at radius 3 is 1.89 bits per heavy atom. The Hall–Kier alpha value is -5.79. The molecular weight excluding hydrogens is 702 g/mol. The van der Waals surface area contributed by atoms with Crippen molar-refractivity contribution in [3.63, 3.8) is 0 Å². The fourth-order valence-electron chi connectivity index (χ4n) is 6.22. The number of fused-ring (bicyclic) bond motifs is 2. The Bertz CT molecular complexity index is 2010. The highest BCUT2D eigenvalue weighted by Crippen LogP contribution is 2.37. The van der Waals surface area contributed by atoms with Crippen molar-refractivity contribution in [1.82, 2.24) is 35.2 Å². The smallest absolute Gasteiger partial charge is 0.526 e. The van der Waals surface area contributed by atoms with Gasteiger partial charge in [0.25, 0.3) is 0 Å². The van der Waals surface area contributed by atoms with E-state index >= 15 is 0 Å². The maximum atomic E-state index is 12.5. The first-order chi connectivity index (χ1) is 25.8. The molecular formula is C33H40B2N10O9. The standard InChI is InChI=1S/C19H25BN6O5.C14H15BN4O4/c1-11(27)17-4-2-3-12-5-13(20(30)31-18(12)17)6-16(29)10-26-9-14(24-25-26)7-15(28)8-23-19(21)22;1-9(20)13-4-2-3-10-5-11(15(22)23-14(10)13)6-12(21)7-19-8-16-17-18-19/h2-4,9,13,15,28,30H,5-8,10H2,1H3,(H4,21,22,23);2-4,8,11,22H,5-7H2,1H3/t13-,15?;11-/m11/s1. The molecule has 2 aliphatic rings. The van der Waals surface area contributed by atoms with Gasteiger partial charge in [-0.25, -0.2) is 9.36 Å². The summed E-state index contributed by atoms with van der Waals surface area (Å²) in [5.74, 6) is -0.649. The Kier molecular flexibility index (Phi) is 13.0. The number of benzene rings is 2. The molecule has 0 saturated carbocycles. The summed E-state index contributed by atoms with van der Waals surface area (Å²) in [6, 6.07) is 10.5. The number of rotatable bonds is 14. The van der Waals surface area contributed by atoms with Gasteiger partial charge in [-0.2, -0.15) is 0 Å². The van der Waals surface area contributed by atoms with E-state index in [1.807, 2.05) is 12.1 Å². The van der Waals surface area contributed by atoms with E-state index in [1.54, 1.807) is 30.5 Å². The molecule has 0 bridgehead atoms. The zero-order chi connectivity index (χ0) is 38.9. The lowest BCUT2D eigenvalue weighted by Gasteiger charge is -2.28. The Morgan fingerprint density at radius 1 is 0.870 bits per heavy atom. The molecule has 54 heavy (non-hydrogen) atoms. The zero-order valence-electron chi connectivity index (χ0n) is 29.7. The third-order valence-corrected chi connectivity index (χ3v) is 8.76. The van der Waals surface area contributed by atoms with Gasteiger partial charge in [0.05, 0.1) is 29.5 Å². The van der Waals surface area contributed by atoms with Gasteiger partial charge in [0.15, 0.2) is 29.1 Å². The summed E-state index contributed by atoms with van der Waals surface area (Å²) in [5.41, 5.74) is 13.4. The maximum absolute atomic E-state index is 12.5. The molecule has 19 nitrogen and oxygen atoms in total. The van der Waals surface area contributed by atoms with Crippen LogP contribution in [0.25, 0.3) is 0 Å². The fourth-order valence-corrected chi connectivity index (χ4v) is 6.22. The Morgan fingerprint density at radius 2 is 1.41 bits per heavy atom. The van der Waals surface area contributed by atoms with E-state index in [0.29, 0.717) is 41.2 Å². The number of tetrazole rings is 1. The van der Waals surface area contributed by atoms with Crippen LogP contribution in [0.5, 0.6) is 11.5 Å². The van der Waals surface area contributed by atoms with Gasteiger partial charge in [-0.05, 0) is 60.4 Å². The number of ketones is 4. The van der Waals surface area contributed by atoms with Gasteiger partial charge in [0.1, 0.15) is 30.9 Å². The van der Waals surface area contributed by atoms with Crippen molar-refractivity contribution in [1.29, 1.82) is 0 Å². The van der Waals surface area contributed by atoms with Crippen LogP contribution in [0.2, 0.25) is 11.6 Å². The number of guanidine groups is 1. The van der Waals surface area contributed by atoms with E-state index in [1.165, 1.54) is 29.5 Å². The number of aliphatic imine (C=N–C) groups is 1. The van der Waals surface area contributed by atoms with Crippen LogP contribution in [0.3, 0.4) is 0 Å². The van der Waals surface area contributed by atoms with E-state index in [9.17, 15) is 34.3 Å². The lowest BCUT2D eigenvalue weighted by Crippen LogP contribution is -2.36.